The number of fused-ring (bicyclic) bond motifs is 1. The summed E-state index contributed by atoms with van der Waals surface area (Å²) >= 11 is 0. The lowest BCUT2D eigenvalue weighted by Crippen LogP contribution is -2.41. The molecule has 1 aliphatic heterocycles. The van der Waals surface area contributed by atoms with Crippen LogP contribution in [0.15, 0.2) is 36.5 Å². The lowest BCUT2D eigenvalue weighted by atomic mass is 10.0. The quantitative estimate of drug-likeness (QED) is 0.742. The molecule has 0 spiro atoms. The molecule has 0 radical (unpaired) electrons. The van der Waals surface area contributed by atoms with Gasteiger partial charge in [-0.1, -0.05) is 18.2 Å². The van der Waals surface area contributed by atoms with Crippen LogP contribution in [0.1, 0.15) is 35.8 Å². The maximum Gasteiger partial charge on any atom is 0.252 e. The van der Waals surface area contributed by atoms with E-state index in [1.807, 2.05) is 50.5 Å². The molecule has 3 aromatic rings. The molecule has 0 bridgehead atoms. The molecular weight excluding hydrogens is 350 g/mol. The topological polar surface area (TPSA) is 63.1 Å². The molecule has 0 aliphatic carbocycles. The van der Waals surface area contributed by atoms with Crippen LogP contribution in [0.3, 0.4) is 0 Å². The molecule has 6 nitrogen and oxygen atoms in total. The Hall–Kier alpha value is -2.73. The normalized spacial score (nSPS) is 15.8. The third-order valence-electron chi connectivity index (χ3n) is 5.36. The molecule has 1 saturated heterocycles. The van der Waals surface area contributed by atoms with Crippen LogP contribution in [-0.2, 0) is 7.05 Å². The van der Waals surface area contributed by atoms with Crippen molar-refractivity contribution in [1.82, 2.24) is 25.0 Å². The van der Waals surface area contributed by atoms with E-state index >= 15 is 0 Å². The molecule has 1 fully saturated rings. The molecule has 146 valence electrons. The number of carbonyl (C=O) groups excluding carboxylic acids is 1. The molecule has 1 amide bonds. The summed E-state index contributed by atoms with van der Waals surface area (Å²) in [4.78, 5) is 20.3. The molecule has 1 aliphatic rings. The summed E-state index contributed by atoms with van der Waals surface area (Å²) in [6, 6.07) is 9.80. The second kappa shape index (κ2) is 7.72. The highest BCUT2D eigenvalue weighted by atomic mass is 16.1. The summed E-state index contributed by atoms with van der Waals surface area (Å²) in [5.74, 6) is -0.0481. The Morgan fingerprint density at radius 2 is 2.00 bits per heavy atom. The van der Waals surface area contributed by atoms with E-state index in [1.54, 1.807) is 4.68 Å². The predicted molar refractivity (Wildman–Crippen MR) is 111 cm³/mol. The number of likely N-dealkylation sites (tertiary alicyclic amines) is 1. The first-order chi connectivity index (χ1) is 13.5. The monoisotopic (exact) mass is 377 g/mol. The Balaban J connectivity index is 1.66. The van der Waals surface area contributed by atoms with Crippen molar-refractivity contribution >= 4 is 16.8 Å². The van der Waals surface area contributed by atoms with Crippen LogP contribution in [0.4, 0.5) is 0 Å². The van der Waals surface area contributed by atoms with E-state index in [4.69, 9.17) is 4.98 Å². The van der Waals surface area contributed by atoms with Crippen LogP contribution < -0.4 is 5.32 Å². The highest BCUT2D eigenvalue weighted by molar-refractivity contribution is 6.07. The van der Waals surface area contributed by atoms with Crippen molar-refractivity contribution in [3.63, 3.8) is 0 Å². The van der Waals surface area contributed by atoms with Crippen LogP contribution in [-0.4, -0.2) is 51.2 Å². The summed E-state index contributed by atoms with van der Waals surface area (Å²) in [6.07, 6.45) is 4.46. The predicted octanol–water partition coefficient (Wildman–Crippen LogP) is 3.16. The number of hydrogen-bond acceptors (Lipinski definition) is 4. The number of aryl methyl sites for hydroxylation is 2. The number of hydrogen-bond donors (Lipinski definition) is 1. The van der Waals surface area contributed by atoms with Gasteiger partial charge in [0.15, 0.2) is 0 Å². The van der Waals surface area contributed by atoms with E-state index < -0.39 is 0 Å². The minimum Gasteiger partial charge on any atom is -0.348 e. The SMILES string of the molecule is Cc1nn(C)cc1-c1cc(C(=O)N[C@H](C)CN2CCCC2)c2ccccc2n1. The van der Waals surface area contributed by atoms with E-state index in [0.717, 1.165) is 47.5 Å². The van der Waals surface area contributed by atoms with Gasteiger partial charge in [0.2, 0.25) is 0 Å². The summed E-state index contributed by atoms with van der Waals surface area (Å²) in [6.45, 7) is 7.19. The van der Waals surface area contributed by atoms with Crippen LogP contribution in [0.2, 0.25) is 0 Å². The van der Waals surface area contributed by atoms with Crippen molar-refractivity contribution in [2.24, 2.45) is 7.05 Å². The van der Waals surface area contributed by atoms with E-state index in [1.165, 1.54) is 12.8 Å². The molecule has 1 atom stereocenters. The molecule has 28 heavy (non-hydrogen) atoms. The van der Waals surface area contributed by atoms with Gasteiger partial charge in [-0.2, -0.15) is 5.10 Å². The highest BCUT2D eigenvalue weighted by Gasteiger charge is 2.19. The first-order valence-electron chi connectivity index (χ1n) is 9.95. The molecule has 4 rings (SSSR count). The van der Waals surface area contributed by atoms with Crippen molar-refractivity contribution in [1.29, 1.82) is 0 Å². The molecule has 1 N–H and O–H groups in total. The average molecular weight is 377 g/mol. The number of pyridine rings is 1. The Morgan fingerprint density at radius 3 is 2.71 bits per heavy atom. The van der Waals surface area contributed by atoms with Crippen molar-refractivity contribution in [2.75, 3.05) is 19.6 Å². The molecule has 1 aromatic carbocycles. The number of benzene rings is 1. The summed E-state index contributed by atoms with van der Waals surface area (Å²) in [5.41, 5.74) is 4.12. The van der Waals surface area contributed by atoms with Crippen molar-refractivity contribution in [3.05, 3.63) is 47.8 Å². The Labute approximate surface area is 165 Å². The number of carbonyl (C=O) groups is 1. The number of aromatic nitrogens is 3. The van der Waals surface area contributed by atoms with Crippen molar-refractivity contribution in [3.8, 4) is 11.3 Å². The van der Waals surface area contributed by atoms with Gasteiger partial charge in [-0.3, -0.25) is 9.48 Å². The second-order valence-electron chi connectivity index (χ2n) is 7.76. The number of amides is 1. The lowest BCUT2D eigenvalue weighted by Gasteiger charge is -2.21. The van der Waals surface area contributed by atoms with Gasteiger partial charge in [-0.05, 0) is 51.9 Å². The van der Waals surface area contributed by atoms with E-state index in [0.29, 0.717) is 5.56 Å². The molecular formula is C22H27N5O. The van der Waals surface area contributed by atoms with E-state index in [2.05, 4.69) is 22.2 Å². The first kappa shape index (κ1) is 18.6. The maximum atomic E-state index is 13.1. The average Bonchev–Trinajstić information content (AvgIpc) is 3.29. The Morgan fingerprint density at radius 1 is 1.25 bits per heavy atom. The molecule has 2 aromatic heterocycles. The zero-order valence-corrected chi connectivity index (χ0v) is 16.8. The van der Waals surface area contributed by atoms with Crippen LogP contribution >= 0.6 is 0 Å². The fourth-order valence-electron chi connectivity index (χ4n) is 4.05. The smallest absolute Gasteiger partial charge is 0.252 e. The Kier molecular flexibility index (Phi) is 5.13. The molecule has 0 unspecified atom stereocenters. The lowest BCUT2D eigenvalue weighted by molar-refractivity contribution is 0.0933. The van der Waals surface area contributed by atoms with Gasteiger partial charge < -0.3 is 10.2 Å². The summed E-state index contributed by atoms with van der Waals surface area (Å²) in [5, 5.41) is 8.48. The van der Waals surface area contributed by atoms with Crippen molar-refractivity contribution < 1.29 is 4.79 Å². The maximum absolute atomic E-state index is 13.1. The van der Waals surface area contributed by atoms with Gasteiger partial charge >= 0.3 is 0 Å². The zero-order chi connectivity index (χ0) is 19.7. The number of para-hydroxylation sites is 1. The van der Waals surface area contributed by atoms with Crippen LogP contribution in [0.5, 0.6) is 0 Å². The second-order valence-corrected chi connectivity index (χ2v) is 7.76. The van der Waals surface area contributed by atoms with E-state index in [9.17, 15) is 4.79 Å². The minimum absolute atomic E-state index is 0.0481. The number of rotatable bonds is 5. The summed E-state index contributed by atoms with van der Waals surface area (Å²) < 4.78 is 1.78. The van der Waals surface area contributed by atoms with E-state index in [-0.39, 0.29) is 11.9 Å². The van der Waals surface area contributed by atoms with Crippen LogP contribution in [0, 0.1) is 6.92 Å². The summed E-state index contributed by atoms with van der Waals surface area (Å²) in [7, 11) is 1.89. The van der Waals surface area contributed by atoms with Crippen molar-refractivity contribution in [2.45, 2.75) is 32.7 Å². The third-order valence-corrected chi connectivity index (χ3v) is 5.36. The molecule has 3 heterocycles. The molecule has 0 saturated carbocycles. The number of nitrogens with zero attached hydrogens (tertiary/aromatic N) is 4. The van der Waals surface area contributed by atoms with Crippen LogP contribution in [0.25, 0.3) is 22.2 Å². The van der Waals surface area contributed by atoms with Gasteiger partial charge in [-0.25, -0.2) is 4.98 Å². The third kappa shape index (κ3) is 3.78. The fourth-order valence-corrected chi connectivity index (χ4v) is 4.05. The van der Waals surface area contributed by atoms with Gasteiger partial charge in [0.05, 0.1) is 22.5 Å². The number of nitrogens with one attached hydrogen (secondary N) is 1. The molecule has 6 heteroatoms. The fraction of sp³-hybridized carbons (Fsp3) is 0.409. The van der Waals surface area contributed by atoms with Gasteiger partial charge in [0, 0.05) is 36.8 Å². The standard InChI is InChI=1S/C22H27N5O/c1-15(13-27-10-6-7-11-27)23-22(28)18-12-21(19-14-26(3)25-16(19)2)24-20-9-5-4-8-17(18)20/h4-5,8-9,12,14-15H,6-7,10-11,13H2,1-3H3,(H,23,28)/t15-/m1/s1. The van der Waals surface area contributed by atoms with Gasteiger partial charge in [0.1, 0.15) is 0 Å². The zero-order valence-electron chi connectivity index (χ0n) is 16.8. The van der Waals surface area contributed by atoms with Gasteiger partial charge in [0.25, 0.3) is 5.91 Å². The minimum atomic E-state index is -0.0481. The Bertz CT molecular complexity index is 1000. The van der Waals surface area contributed by atoms with Gasteiger partial charge in [-0.15, -0.1) is 0 Å². The largest absolute Gasteiger partial charge is 0.348 e. The first-order valence-corrected chi connectivity index (χ1v) is 9.95. The highest BCUT2D eigenvalue weighted by Crippen LogP contribution is 2.26.